The number of methoxy groups -OCH3 is 1. The Kier molecular flexibility index (Phi) is 5.95. The second kappa shape index (κ2) is 8.98. The number of benzene rings is 2. The lowest BCUT2D eigenvalue weighted by Gasteiger charge is -2.00. The van der Waals surface area contributed by atoms with E-state index < -0.39 is 0 Å². The van der Waals surface area contributed by atoms with Crippen LogP contribution >= 0.6 is 11.3 Å². The minimum atomic E-state index is -0.336. The van der Waals surface area contributed by atoms with E-state index in [0.29, 0.717) is 22.2 Å². The summed E-state index contributed by atoms with van der Waals surface area (Å²) in [6.07, 6.45) is 0. The molecule has 9 nitrogen and oxygen atoms in total. The van der Waals surface area contributed by atoms with Crippen LogP contribution in [0.15, 0.2) is 68.9 Å². The summed E-state index contributed by atoms with van der Waals surface area (Å²) in [4.78, 5) is 28.6. The maximum atomic E-state index is 12.9. The summed E-state index contributed by atoms with van der Waals surface area (Å²) in [6, 6.07) is 14.4. The van der Waals surface area contributed by atoms with Gasteiger partial charge in [-0.1, -0.05) is 0 Å². The number of rotatable bonds is 6. The van der Waals surface area contributed by atoms with Crippen molar-refractivity contribution in [3.05, 3.63) is 70.0 Å². The van der Waals surface area contributed by atoms with Gasteiger partial charge in [0.05, 0.1) is 24.2 Å². The molecule has 0 aliphatic rings. The molecule has 1 amide bonds. The predicted molar refractivity (Wildman–Crippen MR) is 124 cm³/mol. The highest BCUT2D eigenvalue weighted by atomic mass is 32.1. The van der Waals surface area contributed by atoms with Crippen LogP contribution in [0.25, 0.3) is 16.4 Å². The van der Waals surface area contributed by atoms with Crippen molar-refractivity contribution in [2.45, 2.75) is 13.8 Å². The molecule has 0 saturated heterocycles. The van der Waals surface area contributed by atoms with Gasteiger partial charge in [-0.15, -0.1) is 16.5 Å². The molecule has 0 spiro atoms. The fourth-order valence-electron chi connectivity index (χ4n) is 2.97. The van der Waals surface area contributed by atoms with Gasteiger partial charge in [0.15, 0.2) is 5.69 Å². The minimum Gasteiger partial charge on any atom is -0.497 e. The lowest BCUT2D eigenvalue weighted by molar-refractivity contribution is -0.114. The number of ether oxygens (including phenoxy) is 1. The fourth-order valence-corrected chi connectivity index (χ4v) is 3.76. The van der Waals surface area contributed by atoms with Gasteiger partial charge >= 0.3 is 5.56 Å². The SMILES string of the molecule is COc1ccc(-c2csc(-n3[nH]c(C)c(N=Nc4ccc(NC(C)=O)cc4)c3=O)n2)cc1. The van der Waals surface area contributed by atoms with Gasteiger partial charge in [0.25, 0.3) is 0 Å². The molecule has 0 bridgehead atoms. The number of aryl methyl sites for hydroxylation is 1. The van der Waals surface area contributed by atoms with Gasteiger partial charge in [0.1, 0.15) is 5.75 Å². The average Bonchev–Trinajstić information content (AvgIpc) is 3.38. The number of hydrogen-bond acceptors (Lipinski definition) is 7. The Morgan fingerprint density at radius 2 is 1.84 bits per heavy atom. The molecule has 4 aromatic rings. The number of H-pyrrole nitrogens is 1. The van der Waals surface area contributed by atoms with Crippen LogP contribution in [-0.2, 0) is 4.79 Å². The molecule has 4 rings (SSSR count). The van der Waals surface area contributed by atoms with Crippen molar-refractivity contribution in [3.63, 3.8) is 0 Å². The number of hydrogen-bond donors (Lipinski definition) is 2. The third-order valence-corrected chi connectivity index (χ3v) is 5.39. The van der Waals surface area contributed by atoms with E-state index in [4.69, 9.17) is 4.74 Å². The number of aromatic amines is 1. The van der Waals surface area contributed by atoms with Crippen LogP contribution in [0.3, 0.4) is 0 Å². The molecule has 0 fully saturated rings. The zero-order chi connectivity index (χ0) is 22.7. The maximum Gasteiger partial charge on any atom is 0.301 e. The van der Waals surface area contributed by atoms with Gasteiger partial charge in [-0.3, -0.25) is 14.7 Å². The molecule has 0 unspecified atom stereocenters. The van der Waals surface area contributed by atoms with Crippen molar-refractivity contribution >= 4 is 34.3 Å². The number of nitrogens with one attached hydrogen (secondary N) is 2. The first-order valence-corrected chi connectivity index (χ1v) is 10.5. The smallest absolute Gasteiger partial charge is 0.301 e. The zero-order valence-electron chi connectivity index (χ0n) is 17.6. The van der Waals surface area contributed by atoms with Crippen molar-refractivity contribution in [1.29, 1.82) is 0 Å². The van der Waals surface area contributed by atoms with Crippen LogP contribution in [0.4, 0.5) is 17.1 Å². The highest BCUT2D eigenvalue weighted by Crippen LogP contribution is 2.26. The van der Waals surface area contributed by atoms with Gasteiger partial charge in [0.2, 0.25) is 11.0 Å². The van der Waals surface area contributed by atoms with Gasteiger partial charge in [-0.2, -0.15) is 9.80 Å². The number of nitrogens with zero attached hydrogens (tertiary/aromatic N) is 4. The predicted octanol–water partition coefficient (Wildman–Crippen LogP) is 4.98. The molecule has 10 heteroatoms. The van der Waals surface area contributed by atoms with Gasteiger partial charge in [-0.25, -0.2) is 4.98 Å². The lowest BCUT2D eigenvalue weighted by Crippen LogP contribution is -2.13. The van der Waals surface area contributed by atoms with Crippen molar-refractivity contribution in [1.82, 2.24) is 14.8 Å². The summed E-state index contributed by atoms with van der Waals surface area (Å²) < 4.78 is 6.55. The van der Waals surface area contributed by atoms with E-state index in [-0.39, 0.29) is 17.2 Å². The van der Waals surface area contributed by atoms with Crippen molar-refractivity contribution < 1.29 is 9.53 Å². The minimum absolute atomic E-state index is 0.153. The van der Waals surface area contributed by atoms with E-state index in [1.807, 2.05) is 29.6 Å². The Bertz CT molecular complexity index is 1330. The summed E-state index contributed by atoms with van der Waals surface area (Å²) >= 11 is 1.35. The van der Waals surface area contributed by atoms with E-state index in [1.165, 1.54) is 22.9 Å². The van der Waals surface area contributed by atoms with Gasteiger partial charge in [-0.05, 0) is 55.5 Å². The molecule has 32 heavy (non-hydrogen) atoms. The molecule has 0 aliphatic carbocycles. The topological polar surface area (TPSA) is 114 Å². The molecule has 2 aromatic carbocycles. The van der Waals surface area contributed by atoms with Crippen LogP contribution in [0.1, 0.15) is 12.6 Å². The van der Waals surface area contributed by atoms with Gasteiger partial charge < -0.3 is 10.1 Å². The normalized spacial score (nSPS) is 11.1. The average molecular weight is 449 g/mol. The van der Waals surface area contributed by atoms with Gasteiger partial charge in [0, 0.05) is 23.6 Å². The van der Waals surface area contributed by atoms with Crippen LogP contribution in [0, 0.1) is 6.92 Å². The van der Waals surface area contributed by atoms with E-state index in [1.54, 1.807) is 38.3 Å². The largest absolute Gasteiger partial charge is 0.497 e. The summed E-state index contributed by atoms with van der Waals surface area (Å²) in [7, 11) is 1.62. The number of anilines is 1. The highest BCUT2D eigenvalue weighted by molar-refractivity contribution is 7.12. The summed E-state index contributed by atoms with van der Waals surface area (Å²) in [5.41, 5.74) is 3.35. The molecule has 2 N–H and O–H groups in total. The fraction of sp³-hybridized carbons (Fsp3) is 0.136. The number of aromatic nitrogens is 3. The second-order valence-corrected chi connectivity index (χ2v) is 7.73. The Balaban J connectivity index is 1.57. The summed E-state index contributed by atoms with van der Waals surface area (Å²) in [5, 5.41) is 16.4. The second-order valence-electron chi connectivity index (χ2n) is 6.90. The number of carbonyl (C=O) groups excluding carboxylic acids is 1. The van der Waals surface area contributed by atoms with Crippen LogP contribution in [0.5, 0.6) is 5.75 Å². The molecule has 2 aromatic heterocycles. The van der Waals surface area contributed by atoms with Crippen molar-refractivity contribution in [3.8, 4) is 22.1 Å². The number of amides is 1. The van der Waals surface area contributed by atoms with Crippen LogP contribution in [0.2, 0.25) is 0 Å². The van der Waals surface area contributed by atoms with E-state index in [0.717, 1.165) is 17.0 Å². The monoisotopic (exact) mass is 448 g/mol. The lowest BCUT2D eigenvalue weighted by atomic mass is 10.2. The molecule has 162 valence electrons. The summed E-state index contributed by atoms with van der Waals surface area (Å²) in [5.74, 6) is 0.611. The molecule has 0 radical (unpaired) electrons. The van der Waals surface area contributed by atoms with Crippen molar-refractivity contribution in [2.24, 2.45) is 10.2 Å². The zero-order valence-corrected chi connectivity index (χ0v) is 18.4. The van der Waals surface area contributed by atoms with E-state index in [9.17, 15) is 9.59 Å². The number of carbonyl (C=O) groups is 1. The first kappa shape index (κ1) is 21.2. The molecular weight excluding hydrogens is 428 g/mol. The molecular formula is C22H20N6O3S. The molecule has 2 heterocycles. The standard InChI is InChI=1S/C22H20N6O3S/c1-13-20(26-25-17-8-6-16(7-9-17)23-14(2)29)21(30)28(27-13)22-24-19(12-32-22)15-4-10-18(31-3)11-5-15/h4-12,27H,1-3H3,(H,23,29). The first-order chi connectivity index (χ1) is 15.4. The Morgan fingerprint density at radius 1 is 1.12 bits per heavy atom. The Labute approximate surface area is 187 Å². The third kappa shape index (κ3) is 4.49. The Morgan fingerprint density at radius 3 is 2.50 bits per heavy atom. The maximum absolute atomic E-state index is 12.9. The first-order valence-electron chi connectivity index (χ1n) is 9.66. The van der Waals surface area contributed by atoms with Crippen LogP contribution in [-0.4, -0.2) is 27.8 Å². The summed E-state index contributed by atoms with van der Waals surface area (Å²) in [6.45, 7) is 3.19. The molecule has 0 aliphatic heterocycles. The number of azo groups is 1. The third-order valence-electron chi connectivity index (χ3n) is 4.56. The molecule has 0 atom stereocenters. The highest BCUT2D eigenvalue weighted by Gasteiger charge is 2.15. The van der Waals surface area contributed by atoms with E-state index in [2.05, 4.69) is 25.6 Å². The Hall–Kier alpha value is -4.05. The number of thiazole rings is 1. The van der Waals surface area contributed by atoms with E-state index >= 15 is 0 Å². The van der Waals surface area contributed by atoms with Crippen LogP contribution < -0.4 is 15.6 Å². The quantitative estimate of drug-likeness (QED) is 0.405. The molecule has 0 saturated carbocycles. The van der Waals surface area contributed by atoms with Crippen molar-refractivity contribution in [2.75, 3.05) is 12.4 Å².